The molecule has 3 saturated heterocycles. The van der Waals surface area contributed by atoms with E-state index in [9.17, 15) is 4.79 Å². The standard InChI is InChI=1S/C18H25N3O3/c22-18(20-14-2-1-5-19-8-14)17-12-24-11-13-9-21(10-16(13)17)15-3-6-23-7-4-15/h1-2,5,8,13,15-17H,3-4,6-7,9-12H2,(H,20,22)/t13-,16-,17+/m0/s1. The van der Waals surface area contributed by atoms with Crippen molar-refractivity contribution in [1.29, 1.82) is 0 Å². The van der Waals surface area contributed by atoms with Crippen LogP contribution in [0.5, 0.6) is 0 Å². The molecule has 3 atom stereocenters. The van der Waals surface area contributed by atoms with Crippen LogP contribution in [0.15, 0.2) is 24.5 Å². The summed E-state index contributed by atoms with van der Waals surface area (Å²) in [6.45, 7) is 5.07. The van der Waals surface area contributed by atoms with E-state index in [1.807, 2.05) is 12.1 Å². The lowest BCUT2D eigenvalue weighted by molar-refractivity contribution is -0.128. The lowest BCUT2D eigenvalue weighted by Gasteiger charge is -2.32. The number of ether oxygens (including phenoxy) is 2. The highest BCUT2D eigenvalue weighted by Gasteiger charge is 2.45. The summed E-state index contributed by atoms with van der Waals surface area (Å²) in [7, 11) is 0. The maximum Gasteiger partial charge on any atom is 0.230 e. The van der Waals surface area contributed by atoms with E-state index in [1.165, 1.54) is 0 Å². The third kappa shape index (κ3) is 3.31. The SMILES string of the molecule is O=C(Nc1cccnc1)[C@@H]1COC[C@@H]2CN(C3CCOCC3)C[C@@H]21. The minimum atomic E-state index is -0.0752. The van der Waals surface area contributed by atoms with Crippen molar-refractivity contribution in [2.45, 2.75) is 18.9 Å². The molecule has 0 spiro atoms. The van der Waals surface area contributed by atoms with E-state index in [1.54, 1.807) is 12.4 Å². The Morgan fingerprint density at radius 1 is 1.21 bits per heavy atom. The first kappa shape index (κ1) is 16.0. The third-order valence-corrected chi connectivity index (χ3v) is 5.64. The van der Waals surface area contributed by atoms with Crippen molar-refractivity contribution in [3.63, 3.8) is 0 Å². The number of nitrogens with zero attached hydrogens (tertiary/aromatic N) is 2. The van der Waals surface area contributed by atoms with Crippen LogP contribution in [0.3, 0.4) is 0 Å². The molecule has 0 saturated carbocycles. The number of nitrogens with one attached hydrogen (secondary N) is 1. The van der Waals surface area contributed by atoms with E-state index in [4.69, 9.17) is 9.47 Å². The molecule has 0 bridgehead atoms. The van der Waals surface area contributed by atoms with Crippen LogP contribution in [-0.2, 0) is 14.3 Å². The number of rotatable bonds is 3. The molecule has 0 aliphatic carbocycles. The number of pyridine rings is 1. The Bertz CT molecular complexity index is 562. The first-order chi connectivity index (χ1) is 11.8. The molecule has 0 aromatic carbocycles. The highest BCUT2D eigenvalue weighted by molar-refractivity contribution is 5.92. The molecular formula is C18H25N3O3. The van der Waals surface area contributed by atoms with Gasteiger partial charge in [0, 0.05) is 38.5 Å². The van der Waals surface area contributed by atoms with E-state index in [0.717, 1.165) is 51.4 Å². The van der Waals surface area contributed by atoms with E-state index in [-0.39, 0.29) is 11.8 Å². The van der Waals surface area contributed by atoms with Gasteiger partial charge in [0.2, 0.25) is 5.91 Å². The summed E-state index contributed by atoms with van der Waals surface area (Å²) >= 11 is 0. The third-order valence-electron chi connectivity index (χ3n) is 5.64. The fraction of sp³-hybridized carbons (Fsp3) is 0.667. The predicted molar refractivity (Wildman–Crippen MR) is 89.6 cm³/mol. The highest BCUT2D eigenvalue weighted by Crippen LogP contribution is 2.36. The molecule has 6 heteroatoms. The zero-order chi connectivity index (χ0) is 16.4. The quantitative estimate of drug-likeness (QED) is 0.907. The molecule has 1 amide bonds. The van der Waals surface area contributed by atoms with Crippen LogP contribution in [0.4, 0.5) is 5.69 Å². The van der Waals surface area contributed by atoms with Gasteiger partial charge in [-0.1, -0.05) is 0 Å². The summed E-state index contributed by atoms with van der Waals surface area (Å²) in [5, 5.41) is 3.00. The lowest BCUT2D eigenvalue weighted by atomic mass is 9.82. The van der Waals surface area contributed by atoms with Crippen LogP contribution >= 0.6 is 0 Å². The van der Waals surface area contributed by atoms with Gasteiger partial charge in [-0.2, -0.15) is 0 Å². The number of hydrogen-bond donors (Lipinski definition) is 1. The van der Waals surface area contributed by atoms with Crippen LogP contribution in [0.2, 0.25) is 0 Å². The molecule has 4 rings (SSSR count). The molecule has 3 fully saturated rings. The first-order valence-corrected chi connectivity index (χ1v) is 8.91. The van der Waals surface area contributed by atoms with E-state index < -0.39 is 0 Å². The number of likely N-dealkylation sites (tertiary alicyclic amines) is 1. The van der Waals surface area contributed by atoms with Gasteiger partial charge in [0.05, 0.1) is 31.0 Å². The molecule has 130 valence electrons. The summed E-state index contributed by atoms with van der Waals surface area (Å²) in [6.07, 6.45) is 5.60. The maximum atomic E-state index is 12.7. The van der Waals surface area contributed by atoms with Gasteiger partial charge in [0.25, 0.3) is 0 Å². The van der Waals surface area contributed by atoms with Crippen molar-refractivity contribution in [3.05, 3.63) is 24.5 Å². The molecule has 6 nitrogen and oxygen atoms in total. The second-order valence-electron chi connectivity index (χ2n) is 7.10. The Hall–Kier alpha value is -1.50. The van der Waals surface area contributed by atoms with Crippen molar-refractivity contribution in [1.82, 2.24) is 9.88 Å². The Labute approximate surface area is 142 Å². The average Bonchev–Trinajstić information content (AvgIpc) is 3.07. The summed E-state index contributed by atoms with van der Waals surface area (Å²) in [6, 6.07) is 4.30. The van der Waals surface area contributed by atoms with Crippen LogP contribution < -0.4 is 5.32 Å². The highest BCUT2D eigenvalue weighted by atomic mass is 16.5. The van der Waals surface area contributed by atoms with Gasteiger partial charge in [-0.3, -0.25) is 14.7 Å². The molecule has 4 heterocycles. The molecule has 24 heavy (non-hydrogen) atoms. The van der Waals surface area contributed by atoms with Crippen LogP contribution in [0.1, 0.15) is 12.8 Å². The molecule has 1 N–H and O–H groups in total. The predicted octanol–water partition coefficient (Wildman–Crippen LogP) is 1.39. The van der Waals surface area contributed by atoms with E-state index >= 15 is 0 Å². The molecule has 0 radical (unpaired) electrons. The Balaban J connectivity index is 1.42. The van der Waals surface area contributed by atoms with Crippen LogP contribution in [0, 0.1) is 17.8 Å². The van der Waals surface area contributed by atoms with Gasteiger partial charge in [-0.15, -0.1) is 0 Å². The summed E-state index contributed by atoms with van der Waals surface area (Å²) < 4.78 is 11.2. The fourth-order valence-electron chi connectivity index (χ4n) is 4.32. The monoisotopic (exact) mass is 331 g/mol. The second-order valence-corrected chi connectivity index (χ2v) is 7.10. The van der Waals surface area contributed by atoms with Gasteiger partial charge in [-0.05, 0) is 36.8 Å². The van der Waals surface area contributed by atoms with Crippen molar-refractivity contribution in [2.24, 2.45) is 17.8 Å². The summed E-state index contributed by atoms with van der Waals surface area (Å²) in [5.74, 6) is 0.838. The first-order valence-electron chi connectivity index (χ1n) is 8.91. The lowest BCUT2D eigenvalue weighted by Crippen LogP contribution is -2.42. The Kier molecular flexibility index (Phi) is 4.78. The van der Waals surface area contributed by atoms with Crippen molar-refractivity contribution >= 4 is 11.6 Å². The topological polar surface area (TPSA) is 63.7 Å². The van der Waals surface area contributed by atoms with Gasteiger partial charge >= 0.3 is 0 Å². The number of aromatic nitrogens is 1. The number of carbonyl (C=O) groups excluding carboxylic acids is 1. The number of anilines is 1. The average molecular weight is 331 g/mol. The van der Waals surface area contributed by atoms with E-state index in [2.05, 4.69) is 15.2 Å². The minimum absolute atomic E-state index is 0.0616. The largest absolute Gasteiger partial charge is 0.381 e. The number of fused-ring (bicyclic) bond motifs is 1. The summed E-state index contributed by atoms with van der Waals surface area (Å²) in [4.78, 5) is 19.4. The number of carbonyl (C=O) groups is 1. The fourth-order valence-corrected chi connectivity index (χ4v) is 4.32. The molecule has 1 aromatic heterocycles. The zero-order valence-electron chi connectivity index (χ0n) is 13.9. The summed E-state index contributed by atoms with van der Waals surface area (Å²) in [5.41, 5.74) is 0.754. The Morgan fingerprint density at radius 3 is 2.88 bits per heavy atom. The number of hydrogen-bond acceptors (Lipinski definition) is 5. The minimum Gasteiger partial charge on any atom is -0.381 e. The van der Waals surface area contributed by atoms with Crippen LogP contribution in [0.25, 0.3) is 0 Å². The maximum absolute atomic E-state index is 12.7. The van der Waals surface area contributed by atoms with Crippen molar-refractivity contribution in [3.8, 4) is 0 Å². The smallest absolute Gasteiger partial charge is 0.230 e. The molecule has 3 aliphatic rings. The van der Waals surface area contributed by atoms with Gasteiger partial charge in [0.15, 0.2) is 0 Å². The van der Waals surface area contributed by atoms with Gasteiger partial charge in [0.1, 0.15) is 0 Å². The van der Waals surface area contributed by atoms with Crippen LogP contribution in [-0.4, -0.2) is 61.3 Å². The molecule has 1 aromatic rings. The number of amides is 1. The van der Waals surface area contributed by atoms with Gasteiger partial charge < -0.3 is 14.8 Å². The second kappa shape index (κ2) is 7.17. The molecule has 0 unspecified atom stereocenters. The van der Waals surface area contributed by atoms with Crippen molar-refractivity contribution in [2.75, 3.05) is 44.8 Å². The Morgan fingerprint density at radius 2 is 2.08 bits per heavy atom. The molecule has 3 aliphatic heterocycles. The van der Waals surface area contributed by atoms with Crippen molar-refractivity contribution < 1.29 is 14.3 Å². The van der Waals surface area contributed by atoms with Gasteiger partial charge in [-0.25, -0.2) is 0 Å². The molecular weight excluding hydrogens is 306 g/mol. The zero-order valence-corrected chi connectivity index (χ0v) is 13.9. The normalized spacial score (nSPS) is 31.6. The van der Waals surface area contributed by atoms with E-state index in [0.29, 0.717) is 24.5 Å².